The van der Waals surface area contributed by atoms with Gasteiger partial charge in [0.05, 0.1) is 31.3 Å². The summed E-state index contributed by atoms with van der Waals surface area (Å²) in [6.07, 6.45) is -19.7. The Bertz CT molecular complexity index is 2050. The van der Waals surface area contributed by atoms with Crippen molar-refractivity contribution in [2.75, 3.05) is 19.8 Å². The van der Waals surface area contributed by atoms with Crippen molar-refractivity contribution in [3.63, 3.8) is 0 Å². The Labute approximate surface area is 406 Å². The molecule has 9 fully saturated rings. The van der Waals surface area contributed by atoms with Gasteiger partial charge in [-0.1, -0.05) is 47.6 Å². The SMILES string of the molecule is CC(=O)O[C@H]1C[C@@]23C[C@H](C)[C@@]4(OC2=O)C(=CC[C@@H]2[C@@]5(C)CC[C@H](O[C@@H]6O[C@H](C(=O)O)[C@@H](O)[C@H](O)[C@H]6O[C@@H]6O[C@H](CO)[C@@H](O)[C@H](O)[C@H]6O[C@@H]6OC[C@@H](O)[C@H](O)[C@H]6O)C(C)(C)[C@@H]5CC[C@]24C)[C@H]3C[C@@]1(C)CO. The average Bonchev–Trinajstić information content (AvgIpc) is 3.29. The smallest absolute Gasteiger partial charge is 0.335 e. The molecule has 21 nitrogen and oxygen atoms in total. The minimum absolute atomic E-state index is 0.0248. The van der Waals surface area contributed by atoms with Crippen LogP contribution in [0.3, 0.4) is 0 Å². The molecule has 25 atom stereocenters. The van der Waals surface area contributed by atoms with Gasteiger partial charge < -0.3 is 89.0 Å². The van der Waals surface area contributed by atoms with Crippen LogP contribution in [0.4, 0.5) is 0 Å². The summed E-state index contributed by atoms with van der Waals surface area (Å²) >= 11 is 0. The molecule has 70 heavy (non-hydrogen) atoms. The van der Waals surface area contributed by atoms with Crippen LogP contribution in [0.2, 0.25) is 0 Å². The highest BCUT2D eigenvalue weighted by Crippen LogP contribution is 2.77. The fraction of sp³-hybridized carbons (Fsp3) is 0.898. The van der Waals surface area contributed by atoms with Gasteiger partial charge in [-0.3, -0.25) is 9.59 Å². The third kappa shape index (κ3) is 7.60. The summed E-state index contributed by atoms with van der Waals surface area (Å²) in [5, 5.41) is 107. The number of fused-ring (bicyclic) bond motifs is 5. The number of ether oxygens (including phenoxy) is 8. The van der Waals surface area contributed by atoms with E-state index in [4.69, 9.17) is 37.9 Å². The minimum atomic E-state index is -2.07. The number of aliphatic carboxylic acids is 1. The normalized spacial score (nSPS) is 53.8. The first-order valence-corrected chi connectivity index (χ1v) is 25.0. The molecule has 10 rings (SSSR count). The van der Waals surface area contributed by atoms with Crippen LogP contribution in [0.25, 0.3) is 0 Å². The maximum absolute atomic E-state index is 14.7. The van der Waals surface area contributed by atoms with Gasteiger partial charge in [-0.15, -0.1) is 0 Å². The summed E-state index contributed by atoms with van der Waals surface area (Å²) in [6.45, 7) is 12.6. The maximum atomic E-state index is 14.7. The van der Waals surface area contributed by atoms with Gasteiger partial charge in [0.15, 0.2) is 25.0 Å². The third-order valence-corrected chi connectivity index (χ3v) is 19.5. The van der Waals surface area contributed by atoms with Gasteiger partial charge in [0.2, 0.25) is 0 Å². The molecule has 10 aliphatic rings. The summed E-state index contributed by atoms with van der Waals surface area (Å²) in [5.41, 5.74) is -3.00. The van der Waals surface area contributed by atoms with Crippen molar-refractivity contribution < 1.29 is 103 Å². The van der Waals surface area contributed by atoms with E-state index < -0.39 is 151 Å². The zero-order valence-electron chi connectivity index (χ0n) is 40.9. The molecule has 0 unspecified atom stereocenters. The standard InChI is InChI=1S/C49H74O21/c1-20-14-48-16-29(64-21(2)52)45(5,19-51)15-23(48)22-8-9-27-46(6)12-11-28(44(3,4)26(46)10-13-47(27,7)49(20,22)70-43(48)62)66-42-38(34(58)33(57)36(67-42)39(60)61)69-41-37(32(56)31(55)25(17-50)65-41)68-40-35(59)30(54)24(53)18-63-40/h8,20,23-38,40-42,50-51,53-59H,9-19H2,1-7H3,(H,60,61)/t20-,23+,24+,25+,26-,27+,28-,29-,30-,31+,32-,33-,34-,35+,36-,37+,38+,40-,41-,42+,45-,46-,47+,48+,49+/m0/s1. The second-order valence-corrected chi connectivity index (χ2v) is 23.6. The monoisotopic (exact) mass is 998 g/mol. The Balaban J connectivity index is 0.994. The predicted molar refractivity (Wildman–Crippen MR) is 235 cm³/mol. The molecule has 5 heterocycles. The molecule has 0 radical (unpaired) electrons. The summed E-state index contributed by atoms with van der Waals surface area (Å²) in [4.78, 5) is 39.5. The Morgan fingerprint density at radius 2 is 1.41 bits per heavy atom. The molecule has 21 heteroatoms. The lowest BCUT2D eigenvalue weighted by Crippen LogP contribution is -2.76. The second kappa shape index (κ2) is 18.1. The van der Waals surface area contributed by atoms with Crippen LogP contribution >= 0.6 is 0 Å². The van der Waals surface area contributed by atoms with E-state index in [1.807, 2.05) is 6.92 Å². The van der Waals surface area contributed by atoms with Crippen LogP contribution in [0.5, 0.6) is 0 Å². The van der Waals surface area contributed by atoms with Crippen molar-refractivity contribution in [3.8, 4) is 0 Å². The van der Waals surface area contributed by atoms with Gasteiger partial charge in [-0.05, 0) is 73.2 Å². The first-order valence-electron chi connectivity index (χ1n) is 25.0. The fourth-order valence-corrected chi connectivity index (χ4v) is 15.9. The van der Waals surface area contributed by atoms with Gasteiger partial charge in [0.1, 0.15) is 72.7 Å². The van der Waals surface area contributed by atoms with E-state index >= 15 is 0 Å². The number of aliphatic hydroxyl groups excluding tert-OH is 9. The molecular weight excluding hydrogens is 925 g/mol. The minimum Gasteiger partial charge on any atom is -0.479 e. The van der Waals surface area contributed by atoms with E-state index in [0.29, 0.717) is 44.9 Å². The number of rotatable bonds is 10. The van der Waals surface area contributed by atoms with E-state index in [9.17, 15) is 65.4 Å². The highest BCUT2D eigenvalue weighted by Gasteiger charge is 2.78. The number of hydrogen-bond donors (Lipinski definition) is 10. The lowest BCUT2D eigenvalue weighted by Gasteiger charge is -2.74. The lowest BCUT2D eigenvalue weighted by atomic mass is 9.33. The number of carboxylic acid groups (broad SMARTS) is 1. The molecule has 396 valence electrons. The molecule has 5 aliphatic heterocycles. The van der Waals surface area contributed by atoms with Gasteiger partial charge in [-0.2, -0.15) is 0 Å². The highest BCUT2D eigenvalue weighted by molar-refractivity contribution is 5.83. The van der Waals surface area contributed by atoms with Gasteiger partial charge >= 0.3 is 17.9 Å². The summed E-state index contributed by atoms with van der Waals surface area (Å²) in [6, 6.07) is 0. The van der Waals surface area contributed by atoms with Crippen LogP contribution in [0, 0.1) is 50.7 Å². The Morgan fingerprint density at radius 1 is 0.757 bits per heavy atom. The van der Waals surface area contributed by atoms with E-state index in [1.165, 1.54) is 6.92 Å². The zero-order chi connectivity index (χ0) is 51.0. The van der Waals surface area contributed by atoms with E-state index in [2.05, 4.69) is 40.7 Å². The Kier molecular flexibility index (Phi) is 13.6. The van der Waals surface area contributed by atoms with Gasteiger partial charge in [-0.25, -0.2) is 4.79 Å². The zero-order valence-corrected chi connectivity index (χ0v) is 40.9. The number of carbonyl (C=O) groups is 3. The lowest BCUT2D eigenvalue weighted by molar-refractivity contribution is -0.392. The molecule has 2 bridgehead atoms. The highest BCUT2D eigenvalue weighted by atomic mass is 16.8. The van der Waals surface area contributed by atoms with E-state index in [0.717, 1.165) is 5.57 Å². The molecule has 2 spiro atoms. The van der Waals surface area contributed by atoms with E-state index in [1.54, 1.807) is 0 Å². The summed E-state index contributed by atoms with van der Waals surface area (Å²) in [7, 11) is 0. The topological polar surface area (TPSA) is 327 Å². The third-order valence-electron chi connectivity index (χ3n) is 19.5. The van der Waals surface area contributed by atoms with Crippen LogP contribution in [-0.4, -0.2) is 193 Å². The Hall–Kier alpha value is -2.45. The van der Waals surface area contributed by atoms with Crippen LogP contribution in [0.15, 0.2) is 11.6 Å². The summed E-state index contributed by atoms with van der Waals surface area (Å²) in [5.74, 6) is -2.61. The molecule has 0 amide bonds. The van der Waals surface area contributed by atoms with Crippen molar-refractivity contribution >= 4 is 17.9 Å². The van der Waals surface area contributed by atoms with Crippen LogP contribution in [0.1, 0.15) is 99.8 Å². The molecule has 10 N–H and O–H groups in total. The van der Waals surface area contributed by atoms with E-state index in [-0.39, 0.29) is 48.1 Å². The second-order valence-electron chi connectivity index (χ2n) is 23.6. The number of carboxylic acids is 1. The Morgan fingerprint density at radius 3 is 2.06 bits per heavy atom. The summed E-state index contributed by atoms with van der Waals surface area (Å²) < 4.78 is 48.7. The van der Waals surface area contributed by atoms with Crippen molar-refractivity contribution in [2.45, 2.75) is 204 Å². The van der Waals surface area contributed by atoms with Crippen LogP contribution < -0.4 is 0 Å². The number of carbonyl (C=O) groups excluding carboxylic acids is 2. The number of hydrogen-bond acceptors (Lipinski definition) is 20. The fourth-order valence-electron chi connectivity index (χ4n) is 15.9. The molecule has 0 aromatic carbocycles. The number of allylic oxidation sites excluding steroid dienone is 1. The first kappa shape index (κ1) is 52.4. The van der Waals surface area contributed by atoms with Gasteiger partial charge in [0.25, 0.3) is 0 Å². The molecule has 5 saturated heterocycles. The number of esters is 2. The molecule has 0 aromatic heterocycles. The molecular formula is C49H74O21. The van der Waals surface area contributed by atoms with Crippen molar-refractivity contribution in [1.29, 1.82) is 0 Å². The van der Waals surface area contributed by atoms with Crippen LogP contribution in [-0.2, 0) is 52.3 Å². The maximum Gasteiger partial charge on any atom is 0.335 e. The largest absolute Gasteiger partial charge is 0.479 e. The first-order chi connectivity index (χ1) is 32.8. The van der Waals surface area contributed by atoms with Crippen molar-refractivity contribution in [3.05, 3.63) is 11.6 Å². The average molecular weight is 999 g/mol. The van der Waals surface area contributed by atoms with Crippen molar-refractivity contribution in [1.82, 2.24) is 0 Å². The molecule has 4 saturated carbocycles. The molecule has 0 aromatic rings. The predicted octanol–water partition coefficient (Wildman–Crippen LogP) is -0.598. The molecule has 5 aliphatic carbocycles. The number of aliphatic hydroxyl groups is 9. The van der Waals surface area contributed by atoms with Crippen molar-refractivity contribution in [2.24, 2.45) is 50.7 Å². The van der Waals surface area contributed by atoms with Gasteiger partial charge in [0, 0.05) is 36.0 Å². The quantitative estimate of drug-likeness (QED) is 0.0742.